The standard InChI is InChI=1S/C14H22N4O2/c1-10(2)15-13(19)8-18(4)9-14(20)17-12-7-5-6-11(3)16-12/h5-7,10H,8-9H2,1-4H3,(H,15,19)(H,16,17,20). The van der Waals surface area contributed by atoms with Crippen molar-refractivity contribution in [3.8, 4) is 0 Å². The second-order valence-electron chi connectivity index (χ2n) is 5.11. The molecule has 0 unspecified atom stereocenters. The first-order chi connectivity index (χ1) is 9.36. The fourth-order valence-electron chi connectivity index (χ4n) is 1.71. The van der Waals surface area contributed by atoms with Gasteiger partial charge in [-0.15, -0.1) is 0 Å². The Balaban J connectivity index is 2.40. The zero-order valence-corrected chi connectivity index (χ0v) is 12.4. The van der Waals surface area contributed by atoms with E-state index in [1.165, 1.54) is 0 Å². The van der Waals surface area contributed by atoms with Crippen molar-refractivity contribution >= 4 is 17.6 Å². The maximum Gasteiger partial charge on any atom is 0.239 e. The van der Waals surface area contributed by atoms with Crippen molar-refractivity contribution in [1.82, 2.24) is 15.2 Å². The highest BCUT2D eigenvalue weighted by molar-refractivity contribution is 5.91. The average molecular weight is 278 g/mol. The summed E-state index contributed by atoms with van der Waals surface area (Å²) in [4.78, 5) is 29.2. The van der Waals surface area contributed by atoms with Gasteiger partial charge in [0.15, 0.2) is 0 Å². The molecule has 0 radical (unpaired) electrons. The van der Waals surface area contributed by atoms with Crippen molar-refractivity contribution in [3.63, 3.8) is 0 Å². The average Bonchev–Trinajstić information content (AvgIpc) is 2.26. The van der Waals surface area contributed by atoms with E-state index in [4.69, 9.17) is 0 Å². The molecule has 1 aromatic heterocycles. The van der Waals surface area contributed by atoms with Crippen molar-refractivity contribution < 1.29 is 9.59 Å². The van der Waals surface area contributed by atoms with E-state index in [-0.39, 0.29) is 30.9 Å². The molecule has 110 valence electrons. The molecule has 2 amide bonds. The van der Waals surface area contributed by atoms with Crippen LogP contribution in [-0.2, 0) is 9.59 Å². The van der Waals surface area contributed by atoms with E-state index in [1.807, 2.05) is 32.9 Å². The Kier molecular flexibility index (Phi) is 6.11. The van der Waals surface area contributed by atoms with Crippen LogP contribution in [0.25, 0.3) is 0 Å². The molecule has 0 fully saturated rings. The molecule has 2 N–H and O–H groups in total. The topological polar surface area (TPSA) is 74.3 Å². The van der Waals surface area contributed by atoms with Crippen LogP contribution in [0.1, 0.15) is 19.5 Å². The van der Waals surface area contributed by atoms with E-state index in [9.17, 15) is 9.59 Å². The molecular formula is C14H22N4O2. The summed E-state index contributed by atoms with van der Waals surface area (Å²) in [7, 11) is 1.73. The Morgan fingerprint density at radius 1 is 1.25 bits per heavy atom. The van der Waals surface area contributed by atoms with Crippen molar-refractivity contribution in [2.45, 2.75) is 26.8 Å². The fraction of sp³-hybridized carbons (Fsp3) is 0.500. The molecule has 1 heterocycles. The lowest BCUT2D eigenvalue weighted by molar-refractivity contribution is -0.123. The highest BCUT2D eigenvalue weighted by Gasteiger charge is 2.11. The first-order valence-corrected chi connectivity index (χ1v) is 6.58. The van der Waals surface area contributed by atoms with Crippen LogP contribution in [0.4, 0.5) is 5.82 Å². The predicted molar refractivity (Wildman–Crippen MR) is 78.4 cm³/mol. The van der Waals surface area contributed by atoms with Gasteiger partial charge in [-0.1, -0.05) is 6.07 Å². The van der Waals surface area contributed by atoms with Gasteiger partial charge in [0, 0.05) is 11.7 Å². The minimum absolute atomic E-state index is 0.0935. The molecule has 0 aliphatic carbocycles. The molecule has 0 saturated carbocycles. The van der Waals surface area contributed by atoms with E-state index in [1.54, 1.807) is 18.0 Å². The molecule has 0 aliphatic rings. The number of pyridine rings is 1. The highest BCUT2D eigenvalue weighted by Crippen LogP contribution is 2.03. The van der Waals surface area contributed by atoms with Crippen molar-refractivity contribution in [2.75, 3.05) is 25.5 Å². The normalized spacial score (nSPS) is 10.7. The summed E-state index contributed by atoms with van der Waals surface area (Å²) in [5.74, 6) is 0.238. The largest absolute Gasteiger partial charge is 0.353 e. The number of aromatic nitrogens is 1. The SMILES string of the molecule is Cc1cccc(NC(=O)CN(C)CC(=O)NC(C)C)n1. The van der Waals surface area contributed by atoms with E-state index in [0.717, 1.165) is 5.69 Å². The summed E-state index contributed by atoms with van der Waals surface area (Å²) in [6.07, 6.45) is 0. The van der Waals surface area contributed by atoms with Gasteiger partial charge in [0.05, 0.1) is 13.1 Å². The molecule has 1 rings (SSSR count). The lowest BCUT2D eigenvalue weighted by Crippen LogP contribution is -2.41. The number of likely N-dealkylation sites (N-methyl/N-ethyl adjacent to an activating group) is 1. The Morgan fingerprint density at radius 2 is 1.90 bits per heavy atom. The van der Waals surface area contributed by atoms with Gasteiger partial charge < -0.3 is 10.6 Å². The maximum atomic E-state index is 11.8. The van der Waals surface area contributed by atoms with E-state index < -0.39 is 0 Å². The molecule has 0 aromatic carbocycles. The number of aryl methyl sites for hydroxylation is 1. The number of hydrogen-bond donors (Lipinski definition) is 2. The lowest BCUT2D eigenvalue weighted by atomic mass is 10.3. The van der Waals surface area contributed by atoms with Gasteiger partial charge in [0.25, 0.3) is 0 Å². The van der Waals surface area contributed by atoms with Crippen molar-refractivity contribution in [2.24, 2.45) is 0 Å². The zero-order valence-electron chi connectivity index (χ0n) is 12.4. The number of amides is 2. The first-order valence-electron chi connectivity index (χ1n) is 6.58. The van der Waals surface area contributed by atoms with Gasteiger partial charge in [-0.05, 0) is 40.0 Å². The molecule has 0 spiro atoms. The second-order valence-corrected chi connectivity index (χ2v) is 5.11. The van der Waals surface area contributed by atoms with Gasteiger partial charge in [-0.25, -0.2) is 4.98 Å². The van der Waals surface area contributed by atoms with E-state index in [0.29, 0.717) is 5.82 Å². The van der Waals surface area contributed by atoms with Crippen molar-refractivity contribution in [3.05, 3.63) is 23.9 Å². The molecule has 20 heavy (non-hydrogen) atoms. The molecule has 6 heteroatoms. The maximum absolute atomic E-state index is 11.8. The number of nitrogens with one attached hydrogen (secondary N) is 2. The third-order valence-electron chi connectivity index (χ3n) is 2.43. The van der Waals surface area contributed by atoms with Gasteiger partial charge in [-0.2, -0.15) is 0 Å². The van der Waals surface area contributed by atoms with Crippen LogP contribution in [-0.4, -0.2) is 47.9 Å². The molecule has 0 bridgehead atoms. The summed E-state index contributed by atoms with van der Waals surface area (Å²) in [6.45, 7) is 5.98. The number of rotatable bonds is 6. The summed E-state index contributed by atoms with van der Waals surface area (Å²) in [6, 6.07) is 5.52. The third-order valence-corrected chi connectivity index (χ3v) is 2.43. The van der Waals surface area contributed by atoms with Gasteiger partial charge >= 0.3 is 0 Å². The lowest BCUT2D eigenvalue weighted by Gasteiger charge is -2.17. The van der Waals surface area contributed by atoms with Crippen LogP contribution < -0.4 is 10.6 Å². The highest BCUT2D eigenvalue weighted by atomic mass is 16.2. The Bertz CT molecular complexity index is 474. The second kappa shape index (κ2) is 7.59. The monoisotopic (exact) mass is 278 g/mol. The number of hydrogen-bond acceptors (Lipinski definition) is 4. The van der Waals surface area contributed by atoms with Crippen LogP contribution in [0.3, 0.4) is 0 Å². The quantitative estimate of drug-likeness (QED) is 0.806. The predicted octanol–water partition coefficient (Wildman–Crippen LogP) is 0.785. The Hall–Kier alpha value is -1.95. The smallest absolute Gasteiger partial charge is 0.239 e. The van der Waals surface area contributed by atoms with Gasteiger partial charge in [0.2, 0.25) is 11.8 Å². The summed E-state index contributed by atoms with van der Waals surface area (Å²) in [5, 5.41) is 5.48. The zero-order chi connectivity index (χ0) is 15.1. The van der Waals surface area contributed by atoms with Crippen LogP contribution >= 0.6 is 0 Å². The molecule has 1 aromatic rings. The van der Waals surface area contributed by atoms with Crippen molar-refractivity contribution in [1.29, 1.82) is 0 Å². The minimum atomic E-state index is -0.192. The minimum Gasteiger partial charge on any atom is -0.353 e. The number of carbonyl (C=O) groups is 2. The van der Waals surface area contributed by atoms with E-state index >= 15 is 0 Å². The summed E-state index contributed by atoms with van der Waals surface area (Å²) in [5.41, 5.74) is 0.840. The number of carbonyl (C=O) groups excluding carboxylic acids is 2. The number of anilines is 1. The molecular weight excluding hydrogens is 256 g/mol. The molecule has 0 saturated heterocycles. The van der Waals surface area contributed by atoms with Crippen LogP contribution in [0.5, 0.6) is 0 Å². The third kappa shape index (κ3) is 6.29. The van der Waals surface area contributed by atoms with Gasteiger partial charge in [-0.3, -0.25) is 14.5 Å². The Morgan fingerprint density at radius 3 is 2.50 bits per heavy atom. The van der Waals surface area contributed by atoms with Gasteiger partial charge in [0.1, 0.15) is 5.82 Å². The molecule has 0 aliphatic heterocycles. The number of nitrogens with zero attached hydrogens (tertiary/aromatic N) is 2. The first kappa shape index (κ1) is 16.1. The fourth-order valence-corrected chi connectivity index (χ4v) is 1.71. The van der Waals surface area contributed by atoms with Crippen LogP contribution in [0.2, 0.25) is 0 Å². The molecule has 0 atom stereocenters. The Labute approximate surface area is 119 Å². The van der Waals surface area contributed by atoms with Crippen LogP contribution in [0.15, 0.2) is 18.2 Å². The molecule has 6 nitrogen and oxygen atoms in total. The summed E-state index contributed by atoms with van der Waals surface area (Å²) >= 11 is 0. The van der Waals surface area contributed by atoms with E-state index in [2.05, 4.69) is 15.6 Å². The van der Waals surface area contributed by atoms with Crippen LogP contribution in [0, 0.1) is 6.92 Å². The summed E-state index contributed by atoms with van der Waals surface area (Å²) < 4.78 is 0.